The molecule has 2 aromatic carbocycles. The van der Waals surface area contributed by atoms with Crippen LogP contribution < -0.4 is 5.32 Å². The lowest BCUT2D eigenvalue weighted by molar-refractivity contribution is -0.122. The third-order valence-electron chi connectivity index (χ3n) is 4.73. The minimum Gasteiger partial charge on any atom is -0.345 e. The minimum atomic E-state index is -0.155. The van der Waals surface area contributed by atoms with Gasteiger partial charge in [0, 0.05) is 16.7 Å². The average Bonchev–Trinajstić information content (AvgIpc) is 3.29. The summed E-state index contributed by atoms with van der Waals surface area (Å²) < 4.78 is 1.92. The van der Waals surface area contributed by atoms with Gasteiger partial charge in [-0.05, 0) is 54.1 Å². The molecule has 0 saturated heterocycles. The average molecular weight is 413 g/mol. The van der Waals surface area contributed by atoms with Crippen LogP contribution in [-0.4, -0.2) is 32.5 Å². The van der Waals surface area contributed by atoms with Gasteiger partial charge in [-0.15, -0.1) is 0 Å². The first-order valence-electron chi connectivity index (χ1n) is 9.11. The molecule has 4 rings (SSSR count). The number of rotatable bonds is 7. The fourth-order valence-electron chi connectivity index (χ4n) is 3.34. The molecule has 2 N–H and O–H groups in total. The Bertz CT molecular complexity index is 1090. The largest absolute Gasteiger partial charge is 0.345 e. The van der Waals surface area contributed by atoms with Crippen LogP contribution in [0.15, 0.2) is 54.7 Å². The molecule has 0 fully saturated rings. The van der Waals surface area contributed by atoms with Crippen molar-refractivity contribution < 1.29 is 4.79 Å². The van der Waals surface area contributed by atoms with E-state index in [1.165, 1.54) is 0 Å². The number of nitrogens with one attached hydrogen (secondary N) is 2. The number of aromatic amines is 1. The number of halogens is 1. The Morgan fingerprint density at radius 2 is 2.14 bits per heavy atom. The normalized spacial score (nSPS) is 12.5. The molecule has 1 atom stereocenters. The highest BCUT2D eigenvalue weighted by Crippen LogP contribution is 2.22. The van der Waals surface area contributed by atoms with Crippen LogP contribution in [0, 0.1) is 0 Å². The van der Waals surface area contributed by atoms with Crippen molar-refractivity contribution in [3.05, 3.63) is 65.6 Å². The fourth-order valence-corrected chi connectivity index (χ4v) is 3.98. The lowest BCUT2D eigenvalue weighted by Gasteiger charge is -2.17. The summed E-state index contributed by atoms with van der Waals surface area (Å²) in [5.74, 6) is 1.68. The second-order valence-electron chi connectivity index (χ2n) is 6.69. The highest BCUT2D eigenvalue weighted by atomic mass is 35.5. The summed E-state index contributed by atoms with van der Waals surface area (Å²) in [6.07, 6.45) is 4.79. The van der Waals surface area contributed by atoms with E-state index in [4.69, 9.17) is 11.6 Å². The molecule has 0 spiro atoms. The number of benzene rings is 2. The number of amides is 1. The monoisotopic (exact) mass is 412 g/mol. The third-order valence-corrected chi connectivity index (χ3v) is 5.61. The van der Waals surface area contributed by atoms with Crippen LogP contribution in [0.25, 0.3) is 21.9 Å². The van der Waals surface area contributed by atoms with E-state index in [-0.39, 0.29) is 18.5 Å². The van der Waals surface area contributed by atoms with Crippen LogP contribution in [0.5, 0.6) is 0 Å². The van der Waals surface area contributed by atoms with E-state index < -0.39 is 0 Å². The Morgan fingerprint density at radius 3 is 2.96 bits per heavy atom. The first-order chi connectivity index (χ1) is 13.6. The maximum Gasteiger partial charge on any atom is 0.240 e. The zero-order valence-corrected chi connectivity index (χ0v) is 17.1. The number of carbonyl (C=O) groups excluding carboxylic acids is 1. The highest BCUT2D eigenvalue weighted by Gasteiger charge is 2.18. The molecule has 28 heavy (non-hydrogen) atoms. The van der Waals surface area contributed by atoms with Crippen molar-refractivity contribution in [1.82, 2.24) is 19.9 Å². The van der Waals surface area contributed by atoms with Gasteiger partial charge in [0.15, 0.2) is 0 Å². The van der Waals surface area contributed by atoms with Gasteiger partial charge in [0.25, 0.3) is 0 Å². The highest BCUT2D eigenvalue weighted by molar-refractivity contribution is 7.98. The lowest BCUT2D eigenvalue weighted by atomic mass is 10.2. The van der Waals surface area contributed by atoms with Gasteiger partial charge in [0.05, 0.1) is 17.1 Å². The standard InChI is InChI=1S/C21H21ClN4OS/c1-28-11-9-18(21-24-16-4-2-3-5-17(16)25-21)23-20(27)13-26-10-8-14-6-7-15(22)12-19(14)26/h2-8,10,12,18H,9,11,13H2,1H3,(H,23,27)(H,24,25)/t18-/m0/s1. The summed E-state index contributed by atoms with van der Waals surface area (Å²) in [6.45, 7) is 0.236. The molecular weight excluding hydrogens is 392 g/mol. The summed E-state index contributed by atoms with van der Waals surface area (Å²) in [4.78, 5) is 20.8. The van der Waals surface area contributed by atoms with Gasteiger partial charge in [0.2, 0.25) is 5.91 Å². The number of nitrogens with zero attached hydrogens (tertiary/aromatic N) is 2. The quantitative estimate of drug-likeness (QED) is 0.459. The van der Waals surface area contributed by atoms with E-state index in [2.05, 4.69) is 21.5 Å². The molecule has 0 aliphatic heterocycles. The zero-order valence-electron chi connectivity index (χ0n) is 15.5. The van der Waals surface area contributed by atoms with Crippen LogP contribution in [0.4, 0.5) is 0 Å². The van der Waals surface area contributed by atoms with Crippen molar-refractivity contribution in [1.29, 1.82) is 0 Å². The van der Waals surface area contributed by atoms with Crippen LogP contribution in [0.2, 0.25) is 5.02 Å². The molecule has 0 aliphatic rings. The van der Waals surface area contributed by atoms with Crippen molar-refractivity contribution in [2.24, 2.45) is 0 Å². The van der Waals surface area contributed by atoms with E-state index in [0.717, 1.165) is 39.9 Å². The van der Waals surface area contributed by atoms with E-state index in [1.54, 1.807) is 11.8 Å². The number of H-pyrrole nitrogens is 1. The Morgan fingerprint density at radius 1 is 1.29 bits per heavy atom. The zero-order chi connectivity index (χ0) is 19.5. The van der Waals surface area contributed by atoms with Gasteiger partial charge in [0.1, 0.15) is 12.4 Å². The molecule has 4 aromatic rings. The van der Waals surface area contributed by atoms with Crippen molar-refractivity contribution >= 4 is 51.2 Å². The summed E-state index contributed by atoms with van der Waals surface area (Å²) >= 11 is 7.87. The lowest BCUT2D eigenvalue weighted by Crippen LogP contribution is -2.32. The first kappa shape index (κ1) is 18.9. The number of imidazole rings is 1. The second-order valence-corrected chi connectivity index (χ2v) is 8.11. The van der Waals surface area contributed by atoms with Crippen LogP contribution in [0.3, 0.4) is 0 Å². The summed E-state index contributed by atoms with van der Waals surface area (Å²) in [7, 11) is 0. The van der Waals surface area contributed by atoms with Gasteiger partial charge in [-0.3, -0.25) is 4.79 Å². The summed E-state index contributed by atoms with van der Waals surface area (Å²) in [6, 6.07) is 15.4. The van der Waals surface area contributed by atoms with Gasteiger partial charge < -0.3 is 14.9 Å². The number of fused-ring (bicyclic) bond motifs is 2. The molecule has 144 valence electrons. The Kier molecular flexibility index (Phi) is 5.59. The predicted octanol–water partition coefficient (Wildman–Crippen LogP) is 4.78. The predicted molar refractivity (Wildman–Crippen MR) is 117 cm³/mol. The van der Waals surface area contributed by atoms with Gasteiger partial charge in [-0.2, -0.15) is 11.8 Å². The molecule has 2 heterocycles. The number of aromatic nitrogens is 3. The molecule has 0 saturated carbocycles. The van der Waals surface area contributed by atoms with Crippen molar-refractivity contribution in [2.45, 2.75) is 19.0 Å². The molecule has 7 heteroatoms. The van der Waals surface area contributed by atoms with E-state index >= 15 is 0 Å². The Balaban J connectivity index is 1.54. The minimum absolute atomic E-state index is 0.0518. The molecule has 1 amide bonds. The van der Waals surface area contributed by atoms with Crippen molar-refractivity contribution in [3.8, 4) is 0 Å². The number of carbonyl (C=O) groups is 1. The van der Waals surface area contributed by atoms with Crippen molar-refractivity contribution in [3.63, 3.8) is 0 Å². The maximum atomic E-state index is 12.8. The molecular formula is C21H21ClN4OS. The number of hydrogen-bond acceptors (Lipinski definition) is 3. The topological polar surface area (TPSA) is 62.7 Å². The van der Waals surface area contributed by atoms with Crippen molar-refractivity contribution in [2.75, 3.05) is 12.0 Å². The van der Waals surface area contributed by atoms with Gasteiger partial charge in [-0.25, -0.2) is 4.98 Å². The number of thioether (sulfide) groups is 1. The molecule has 0 bridgehead atoms. The van der Waals surface area contributed by atoms with Crippen LogP contribution in [0.1, 0.15) is 18.3 Å². The number of hydrogen-bond donors (Lipinski definition) is 2. The van der Waals surface area contributed by atoms with E-state index in [0.29, 0.717) is 5.02 Å². The molecule has 5 nitrogen and oxygen atoms in total. The maximum absolute atomic E-state index is 12.8. The Labute approximate surface area is 172 Å². The molecule has 0 aliphatic carbocycles. The van der Waals surface area contributed by atoms with Crippen LogP contribution in [-0.2, 0) is 11.3 Å². The molecule has 2 aromatic heterocycles. The number of para-hydroxylation sites is 2. The summed E-state index contributed by atoms with van der Waals surface area (Å²) in [5.41, 5.74) is 2.84. The summed E-state index contributed by atoms with van der Waals surface area (Å²) in [5, 5.41) is 4.87. The third kappa shape index (κ3) is 4.03. The molecule has 0 radical (unpaired) electrons. The fraction of sp³-hybridized carbons (Fsp3) is 0.238. The van der Waals surface area contributed by atoms with Gasteiger partial charge in [-0.1, -0.05) is 29.8 Å². The Hall–Kier alpha value is -2.44. The second kappa shape index (κ2) is 8.29. The van der Waals surface area contributed by atoms with E-state index in [9.17, 15) is 4.79 Å². The molecule has 0 unspecified atom stereocenters. The first-order valence-corrected chi connectivity index (χ1v) is 10.9. The van der Waals surface area contributed by atoms with E-state index in [1.807, 2.05) is 59.3 Å². The smallest absolute Gasteiger partial charge is 0.240 e. The SMILES string of the molecule is CSCC[C@H](NC(=O)Cn1ccc2ccc(Cl)cc21)c1nc2ccccc2[nH]1. The van der Waals surface area contributed by atoms with Gasteiger partial charge >= 0.3 is 0 Å². The van der Waals surface area contributed by atoms with Crippen LogP contribution >= 0.6 is 23.4 Å².